The molecule has 8 heteroatoms. The number of rotatable bonds is 6. The van der Waals surface area contributed by atoms with E-state index in [0.717, 1.165) is 12.2 Å². The highest BCUT2D eigenvalue weighted by atomic mass is 32.2. The minimum Gasteiger partial charge on any atom is -0.486 e. The van der Waals surface area contributed by atoms with Crippen LogP contribution >= 0.6 is 0 Å². The quantitative estimate of drug-likeness (QED) is 0.820. The van der Waals surface area contributed by atoms with Crippen LogP contribution in [0.5, 0.6) is 11.5 Å². The van der Waals surface area contributed by atoms with Gasteiger partial charge in [0, 0.05) is 12.6 Å². The van der Waals surface area contributed by atoms with Gasteiger partial charge in [-0.25, -0.2) is 13.4 Å². The fourth-order valence-electron chi connectivity index (χ4n) is 2.27. The van der Waals surface area contributed by atoms with Crippen LogP contribution in [0.25, 0.3) is 0 Å². The SMILES string of the molecule is CC(C)CNc1ccc(NS(=O)(=O)c2ccc3c(c2)OCCO3)nc1. The smallest absolute Gasteiger partial charge is 0.263 e. The van der Waals surface area contributed by atoms with Crippen molar-refractivity contribution in [2.75, 3.05) is 29.8 Å². The van der Waals surface area contributed by atoms with E-state index in [-0.39, 0.29) is 10.7 Å². The third kappa shape index (κ3) is 4.33. The number of nitrogens with one attached hydrogen (secondary N) is 2. The van der Waals surface area contributed by atoms with Crippen molar-refractivity contribution in [3.63, 3.8) is 0 Å². The molecule has 1 aliphatic rings. The van der Waals surface area contributed by atoms with E-state index in [9.17, 15) is 8.42 Å². The molecular weight excluding hydrogens is 342 g/mol. The molecular formula is C17H21N3O4S. The molecule has 0 fully saturated rings. The minimum atomic E-state index is -3.75. The van der Waals surface area contributed by atoms with Gasteiger partial charge in [-0.1, -0.05) is 13.8 Å². The van der Waals surface area contributed by atoms with Gasteiger partial charge in [0.05, 0.1) is 16.8 Å². The Morgan fingerprint density at radius 2 is 1.88 bits per heavy atom. The average Bonchev–Trinajstić information content (AvgIpc) is 2.60. The molecule has 0 amide bonds. The average molecular weight is 363 g/mol. The Balaban J connectivity index is 1.73. The third-order valence-electron chi connectivity index (χ3n) is 3.54. The van der Waals surface area contributed by atoms with Crippen LogP contribution < -0.4 is 19.5 Å². The maximum Gasteiger partial charge on any atom is 0.263 e. The molecule has 0 spiro atoms. The van der Waals surface area contributed by atoms with Crippen LogP contribution in [0.4, 0.5) is 11.5 Å². The summed E-state index contributed by atoms with van der Waals surface area (Å²) < 4.78 is 38.4. The van der Waals surface area contributed by atoms with E-state index < -0.39 is 10.0 Å². The summed E-state index contributed by atoms with van der Waals surface area (Å²) >= 11 is 0. The van der Waals surface area contributed by atoms with Crippen molar-refractivity contribution in [1.29, 1.82) is 0 Å². The van der Waals surface area contributed by atoms with Crippen molar-refractivity contribution in [3.8, 4) is 11.5 Å². The highest BCUT2D eigenvalue weighted by molar-refractivity contribution is 7.92. The number of benzene rings is 1. The molecule has 2 aromatic rings. The van der Waals surface area contributed by atoms with Crippen LogP contribution in [0.15, 0.2) is 41.4 Å². The summed E-state index contributed by atoms with van der Waals surface area (Å²) in [6.45, 7) is 5.89. The summed E-state index contributed by atoms with van der Waals surface area (Å²) in [7, 11) is -3.75. The lowest BCUT2D eigenvalue weighted by Gasteiger charge is -2.19. The molecule has 0 radical (unpaired) electrons. The predicted molar refractivity (Wildman–Crippen MR) is 95.8 cm³/mol. The standard InChI is InChI=1S/C17H21N3O4S/c1-12(2)10-18-13-3-6-17(19-11-13)20-25(21,22)14-4-5-15-16(9-14)24-8-7-23-15/h3-6,9,11-12,18H,7-8,10H2,1-2H3,(H,19,20). The zero-order valence-electron chi connectivity index (χ0n) is 14.2. The molecule has 0 unspecified atom stereocenters. The van der Waals surface area contributed by atoms with Gasteiger partial charge in [-0.2, -0.15) is 0 Å². The van der Waals surface area contributed by atoms with Crippen LogP contribution in [-0.2, 0) is 10.0 Å². The number of ether oxygens (including phenoxy) is 2. The summed E-state index contributed by atoms with van der Waals surface area (Å²) in [6, 6.07) is 7.94. The summed E-state index contributed by atoms with van der Waals surface area (Å²) in [6.07, 6.45) is 1.60. The van der Waals surface area contributed by atoms with Gasteiger partial charge in [0.2, 0.25) is 0 Å². The molecule has 1 aliphatic heterocycles. The maximum absolute atomic E-state index is 12.5. The van der Waals surface area contributed by atoms with Gasteiger partial charge >= 0.3 is 0 Å². The molecule has 25 heavy (non-hydrogen) atoms. The number of pyridine rings is 1. The number of aromatic nitrogens is 1. The summed E-state index contributed by atoms with van der Waals surface area (Å²) in [5, 5.41) is 3.23. The lowest BCUT2D eigenvalue weighted by molar-refractivity contribution is 0.171. The number of nitrogens with zero attached hydrogens (tertiary/aromatic N) is 1. The van der Waals surface area contributed by atoms with Crippen LogP contribution in [-0.4, -0.2) is 33.2 Å². The first kappa shape index (κ1) is 17.3. The summed E-state index contributed by atoms with van der Waals surface area (Å²) in [4.78, 5) is 4.24. The zero-order valence-corrected chi connectivity index (χ0v) is 15.0. The minimum absolute atomic E-state index is 0.0977. The van der Waals surface area contributed by atoms with Crippen molar-refractivity contribution < 1.29 is 17.9 Å². The number of anilines is 2. The number of hydrogen-bond acceptors (Lipinski definition) is 6. The lowest BCUT2D eigenvalue weighted by Crippen LogP contribution is -2.17. The van der Waals surface area contributed by atoms with Gasteiger partial charge in [-0.15, -0.1) is 0 Å². The Morgan fingerprint density at radius 1 is 1.12 bits per heavy atom. The van der Waals surface area contributed by atoms with Gasteiger partial charge < -0.3 is 14.8 Å². The van der Waals surface area contributed by atoms with Crippen molar-refractivity contribution in [2.24, 2.45) is 5.92 Å². The first-order valence-electron chi connectivity index (χ1n) is 8.06. The van der Waals surface area contributed by atoms with Crippen molar-refractivity contribution in [3.05, 3.63) is 36.5 Å². The monoisotopic (exact) mass is 363 g/mol. The summed E-state index contributed by atoms with van der Waals surface area (Å²) in [5.41, 5.74) is 0.843. The number of sulfonamides is 1. The van der Waals surface area contributed by atoms with Gasteiger partial charge in [0.25, 0.3) is 10.0 Å². The molecule has 0 saturated carbocycles. The largest absolute Gasteiger partial charge is 0.486 e. The van der Waals surface area contributed by atoms with Crippen LogP contribution in [0.3, 0.4) is 0 Å². The Labute approximate surface area is 147 Å². The second kappa shape index (κ2) is 7.18. The fraction of sp³-hybridized carbons (Fsp3) is 0.353. The van der Waals surface area contributed by atoms with Crippen LogP contribution in [0.2, 0.25) is 0 Å². The van der Waals surface area contributed by atoms with Gasteiger partial charge in [0.15, 0.2) is 11.5 Å². The Kier molecular flexibility index (Phi) is 4.98. The molecule has 2 N–H and O–H groups in total. The molecule has 0 saturated heterocycles. The maximum atomic E-state index is 12.5. The summed E-state index contributed by atoms with van der Waals surface area (Å²) in [5.74, 6) is 1.73. The lowest BCUT2D eigenvalue weighted by atomic mass is 10.2. The molecule has 134 valence electrons. The molecule has 0 atom stereocenters. The van der Waals surface area contributed by atoms with E-state index in [1.807, 2.05) is 0 Å². The number of hydrogen-bond donors (Lipinski definition) is 2. The van der Waals surface area contributed by atoms with Crippen LogP contribution in [0.1, 0.15) is 13.8 Å². The second-order valence-corrected chi connectivity index (χ2v) is 7.80. The van der Waals surface area contributed by atoms with Gasteiger partial charge in [-0.3, -0.25) is 4.72 Å². The Morgan fingerprint density at radius 3 is 2.56 bits per heavy atom. The van der Waals surface area contributed by atoms with E-state index in [2.05, 4.69) is 28.9 Å². The van der Waals surface area contributed by atoms with E-state index >= 15 is 0 Å². The fourth-order valence-corrected chi connectivity index (χ4v) is 3.29. The first-order valence-corrected chi connectivity index (χ1v) is 9.55. The Hall–Kier alpha value is -2.48. The van der Waals surface area contributed by atoms with E-state index in [1.54, 1.807) is 24.4 Å². The highest BCUT2D eigenvalue weighted by Crippen LogP contribution is 2.32. The molecule has 0 bridgehead atoms. The van der Waals surface area contributed by atoms with Crippen molar-refractivity contribution in [1.82, 2.24) is 4.98 Å². The van der Waals surface area contributed by atoms with Gasteiger partial charge in [0.1, 0.15) is 19.0 Å². The Bertz CT molecular complexity index is 835. The molecule has 2 heterocycles. The molecule has 1 aromatic carbocycles. The number of fused-ring (bicyclic) bond motifs is 1. The zero-order chi connectivity index (χ0) is 17.9. The van der Waals surface area contributed by atoms with Crippen LogP contribution in [0, 0.1) is 5.92 Å². The normalized spacial score (nSPS) is 13.6. The molecule has 3 rings (SSSR count). The molecule has 1 aromatic heterocycles. The van der Waals surface area contributed by atoms with E-state index in [1.165, 1.54) is 12.1 Å². The van der Waals surface area contributed by atoms with E-state index in [0.29, 0.717) is 30.6 Å². The second-order valence-electron chi connectivity index (χ2n) is 6.12. The van der Waals surface area contributed by atoms with Crippen molar-refractivity contribution >= 4 is 21.5 Å². The molecule has 0 aliphatic carbocycles. The molecule has 7 nitrogen and oxygen atoms in total. The topological polar surface area (TPSA) is 89.5 Å². The third-order valence-corrected chi connectivity index (χ3v) is 4.89. The first-order chi connectivity index (χ1) is 11.9. The highest BCUT2D eigenvalue weighted by Gasteiger charge is 2.19. The van der Waals surface area contributed by atoms with Crippen molar-refractivity contribution in [2.45, 2.75) is 18.7 Å². The predicted octanol–water partition coefficient (Wildman–Crippen LogP) is 2.72. The van der Waals surface area contributed by atoms with E-state index in [4.69, 9.17) is 9.47 Å². The van der Waals surface area contributed by atoms with Gasteiger partial charge in [-0.05, 0) is 30.2 Å².